The lowest BCUT2D eigenvalue weighted by Gasteiger charge is -2.22. The van der Waals surface area contributed by atoms with Crippen LogP contribution in [0.2, 0.25) is 0 Å². The van der Waals surface area contributed by atoms with Crippen molar-refractivity contribution in [2.45, 2.75) is 25.2 Å². The maximum absolute atomic E-state index is 12.5. The van der Waals surface area contributed by atoms with Gasteiger partial charge < -0.3 is 0 Å². The molecule has 0 aliphatic carbocycles. The predicted octanol–water partition coefficient (Wildman–Crippen LogP) is 2.96. The second kappa shape index (κ2) is 7.25. The predicted molar refractivity (Wildman–Crippen MR) is 106 cm³/mol. The number of carbonyl (C=O) groups excluding carboxylic acids is 2. The van der Waals surface area contributed by atoms with E-state index in [2.05, 4.69) is 25.7 Å². The van der Waals surface area contributed by atoms with E-state index in [-0.39, 0.29) is 5.82 Å². The molecule has 32 heavy (non-hydrogen) atoms. The van der Waals surface area contributed by atoms with Crippen LogP contribution in [-0.2, 0) is 17.8 Å². The normalized spacial score (nSPS) is 17.7. The van der Waals surface area contributed by atoms with Gasteiger partial charge in [-0.3, -0.25) is 20.0 Å². The van der Waals surface area contributed by atoms with E-state index in [1.165, 1.54) is 4.90 Å². The van der Waals surface area contributed by atoms with E-state index in [1.807, 2.05) is 6.07 Å². The number of nitrogens with zero attached hydrogens (tertiary/aromatic N) is 6. The van der Waals surface area contributed by atoms with Gasteiger partial charge in [0.1, 0.15) is 6.04 Å². The maximum Gasteiger partial charge on any atom is 0.409 e. The Morgan fingerprint density at radius 2 is 1.88 bits per heavy atom. The number of imide groups is 1. The molecule has 1 N–H and O–H groups in total. The molecule has 1 aromatic heterocycles. The summed E-state index contributed by atoms with van der Waals surface area (Å²) < 4.78 is 37.5. The van der Waals surface area contributed by atoms with Crippen molar-refractivity contribution >= 4 is 29.5 Å². The topological polar surface area (TPSA) is 105 Å². The summed E-state index contributed by atoms with van der Waals surface area (Å²) in [7, 11) is 0. The molecule has 1 unspecified atom stereocenters. The summed E-state index contributed by atoms with van der Waals surface area (Å²) in [5.41, 5.74) is 3.24. The van der Waals surface area contributed by atoms with Gasteiger partial charge in [0.25, 0.3) is 5.91 Å². The molecule has 3 heterocycles. The molecular formula is C20H14F3N7O2. The van der Waals surface area contributed by atoms with Crippen LogP contribution in [0.15, 0.2) is 47.5 Å². The van der Waals surface area contributed by atoms with Crippen LogP contribution in [0.5, 0.6) is 0 Å². The summed E-state index contributed by atoms with van der Waals surface area (Å²) in [4.78, 5) is 31.1. The molecule has 12 heteroatoms. The van der Waals surface area contributed by atoms with Gasteiger partial charge in [0.2, 0.25) is 5.82 Å². The highest BCUT2D eigenvalue weighted by atomic mass is 19.4. The van der Waals surface area contributed by atoms with Crippen molar-refractivity contribution in [3.63, 3.8) is 0 Å². The number of amides is 3. The zero-order chi connectivity index (χ0) is 22.5. The molecule has 9 nitrogen and oxygen atoms in total. The van der Waals surface area contributed by atoms with Crippen molar-refractivity contribution in [2.24, 2.45) is 4.99 Å². The van der Waals surface area contributed by atoms with E-state index in [4.69, 9.17) is 0 Å². The number of aromatic nitrogens is 4. The van der Waals surface area contributed by atoms with Gasteiger partial charge in [0, 0.05) is 23.9 Å². The van der Waals surface area contributed by atoms with Crippen LogP contribution < -0.4 is 10.2 Å². The highest BCUT2D eigenvalue weighted by molar-refractivity contribution is 6.14. The standard InChI is InChI=1S/C20H14F3N7O2/c21-20(22,23)10-29-27-17(26-28-29)13-3-1-12(2-4-13)16-18(31)25-19(32)30(16)14-6-5-11-7-8-24-15(11)9-14/h1-6,8-9,16H,7,10H2,(H,25,31,32). The van der Waals surface area contributed by atoms with Gasteiger partial charge >= 0.3 is 12.2 Å². The third-order valence-electron chi connectivity index (χ3n) is 5.10. The van der Waals surface area contributed by atoms with Crippen LogP contribution in [0.25, 0.3) is 11.4 Å². The summed E-state index contributed by atoms with van der Waals surface area (Å²) in [5, 5.41) is 13.1. The summed E-state index contributed by atoms with van der Waals surface area (Å²) in [6.07, 6.45) is -1.97. The summed E-state index contributed by atoms with van der Waals surface area (Å²) in [6, 6.07) is 10.2. The Labute approximate surface area is 178 Å². The van der Waals surface area contributed by atoms with Crippen molar-refractivity contribution in [3.8, 4) is 11.4 Å². The molecule has 3 aromatic rings. The van der Waals surface area contributed by atoms with E-state index in [9.17, 15) is 22.8 Å². The number of fused-ring (bicyclic) bond motifs is 1. The van der Waals surface area contributed by atoms with E-state index >= 15 is 0 Å². The number of hydrogen-bond acceptors (Lipinski definition) is 6. The van der Waals surface area contributed by atoms with E-state index < -0.39 is 30.7 Å². The molecule has 2 aromatic carbocycles. The molecule has 3 amide bonds. The monoisotopic (exact) mass is 441 g/mol. The molecule has 162 valence electrons. The van der Waals surface area contributed by atoms with Crippen molar-refractivity contribution in [1.82, 2.24) is 25.5 Å². The molecule has 5 rings (SSSR count). The van der Waals surface area contributed by atoms with E-state index in [1.54, 1.807) is 42.6 Å². The minimum atomic E-state index is -4.46. The number of anilines is 1. The fourth-order valence-corrected chi connectivity index (χ4v) is 3.67. The Balaban J connectivity index is 1.43. The van der Waals surface area contributed by atoms with Gasteiger partial charge in [-0.1, -0.05) is 30.3 Å². The van der Waals surface area contributed by atoms with Gasteiger partial charge in [-0.25, -0.2) is 4.79 Å². The smallest absolute Gasteiger partial charge is 0.277 e. The highest BCUT2D eigenvalue weighted by Gasteiger charge is 2.40. The van der Waals surface area contributed by atoms with Gasteiger partial charge in [-0.05, 0) is 28.5 Å². The molecular weight excluding hydrogens is 427 g/mol. The first-order valence-corrected chi connectivity index (χ1v) is 9.53. The third-order valence-corrected chi connectivity index (χ3v) is 5.10. The Bertz CT molecular complexity index is 1250. The van der Waals surface area contributed by atoms with Crippen LogP contribution in [0, 0.1) is 0 Å². The number of rotatable bonds is 4. The molecule has 0 spiro atoms. The Kier molecular flexibility index (Phi) is 4.50. The number of aliphatic imine (C=N–C) groups is 1. The average Bonchev–Trinajstić information content (AvgIpc) is 3.45. The second-order valence-electron chi connectivity index (χ2n) is 7.28. The fraction of sp³-hybridized carbons (Fsp3) is 0.200. The summed E-state index contributed by atoms with van der Waals surface area (Å²) in [6.45, 7) is -1.35. The molecule has 1 saturated heterocycles. The van der Waals surface area contributed by atoms with Gasteiger partial charge in [0.05, 0.1) is 5.69 Å². The number of alkyl halides is 3. The molecule has 0 saturated carbocycles. The Morgan fingerprint density at radius 1 is 1.09 bits per heavy atom. The van der Waals surface area contributed by atoms with Gasteiger partial charge in [-0.15, -0.1) is 10.2 Å². The zero-order valence-corrected chi connectivity index (χ0v) is 16.2. The van der Waals surface area contributed by atoms with Crippen molar-refractivity contribution < 1.29 is 22.8 Å². The number of nitrogens with one attached hydrogen (secondary N) is 1. The third kappa shape index (κ3) is 3.59. The quantitative estimate of drug-likeness (QED) is 0.627. The number of hydrogen-bond donors (Lipinski definition) is 1. The van der Waals surface area contributed by atoms with Crippen LogP contribution in [0.1, 0.15) is 17.2 Å². The van der Waals surface area contributed by atoms with E-state index in [0.29, 0.717) is 28.0 Å². The first kappa shape index (κ1) is 19.8. The molecule has 0 radical (unpaired) electrons. The van der Waals surface area contributed by atoms with E-state index in [0.717, 1.165) is 11.3 Å². The second-order valence-corrected chi connectivity index (χ2v) is 7.28. The number of halogens is 3. The lowest BCUT2D eigenvalue weighted by molar-refractivity contribution is -0.145. The maximum atomic E-state index is 12.5. The van der Waals surface area contributed by atoms with Gasteiger partial charge in [0.15, 0.2) is 6.54 Å². The first-order valence-electron chi connectivity index (χ1n) is 9.53. The number of carbonyl (C=O) groups is 2. The molecule has 0 bridgehead atoms. The minimum Gasteiger partial charge on any atom is -0.277 e. The SMILES string of the molecule is O=C1NC(=O)N(c2ccc3c(c2)N=CC3)C1c1ccc(-c2nnn(CC(F)(F)F)n2)cc1. The molecule has 2 aliphatic rings. The highest BCUT2D eigenvalue weighted by Crippen LogP contribution is 2.36. The number of tetrazole rings is 1. The number of urea groups is 1. The summed E-state index contributed by atoms with van der Waals surface area (Å²) >= 11 is 0. The lowest BCUT2D eigenvalue weighted by atomic mass is 10.0. The van der Waals surface area contributed by atoms with Crippen molar-refractivity contribution in [2.75, 3.05) is 4.90 Å². The molecule has 1 fully saturated rings. The van der Waals surface area contributed by atoms with Crippen LogP contribution in [0.4, 0.5) is 29.3 Å². The number of benzene rings is 2. The Hall–Kier alpha value is -4.09. The molecule has 1 atom stereocenters. The van der Waals surface area contributed by atoms with Crippen LogP contribution >= 0.6 is 0 Å². The van der Waals surface area contributed by atoms with Crippen molar-refractivity contribution in [3.05, 3.63) is 53.6 Å². The van der Waals surface area contributed by atoms with Crippen LogP contribution in [0.3, 0.4) is 0 Å². The largest absolute Gasteiger partial charge is 0.409 e. The minimum absolute atomic E-state index is 0.0149. The average molecular weight is 441 g/mol. The van der Waals surface area contributed by atoms with Crippen LogP contribution in [-0.4, -0.2) is 44.5 Å². The summed E-state index contributed by atoms with van der Waals surface area (Å²) in [5.74, 6) is -0.470. The fourth-order valence-electron chi connectivity index (χ4n) is 3.67. The van der Waals surface area contributed by atoms with Crippen molar-refractivity contribution in [1.29, 1.82) is 0 Å². The lowest BCUT2D eigenvalue weighted by Crippen LogP contribution is -2.29. The molecule has 2 aliphatic heterocycles. The Morgan fingerprint density at radius 3 is 2.62 bits per heavy atom. The van der Waals surface area contributed by atoms with Gasteiger partial charge in [-0.2, -0.15) is 18.0 Å². The first-order chi connectivity index (χ1) is 15.3. The zero-order valence-electron chi connectivity index (χ0n) is 16.2.